The molecule has 0 fully saturated rings. The van der Waals surface area contributed by atoms with Gasteiger partial charge in [0, 0.05) is 6.20 Å². The van der Waals surface area contributed by atoms with Gasteiger partial charge in [-0.25, -0.2) is 18.4 Å². The topological polar surface area (TPSA) is 59.9 Å². The van der Waals surface area contributed by atoms with Gasteiger partial charge in [0.1, 0.15) is 21.1 Å². The van der Waals surface area contributed by atoms with Gasteiger partial charge >= 0.3 is 0 Å². The fourth-order valence-corrected chi connectivity index (χ4v) is 2.98. The Balaban J connectivity index is 2.46. The molecule has 0 N–H and O–H groups in total. The van der Waals surface area contributed by atoms with Crippen LogP contribution in [-0.2, 0) is 15.6 Å². The van der Waals surface area contributed by atoms with Crippen molar-refractivity contribution >= 4 is 31.5 Å². The van der Waals surface area contributed by atoms with Gasteiger partial charge < -0.3 is 0 Å². The van der Waals surface area contributed by atoms with Crippen LogP contribution < -0.4 is 0 Å². The molecule has 4 nitrogen and oxygen atoms in total. The number of sulfone groups is 1. The lowest BCUT2D eigenvalue weighted by Crippen LogP contribution is -1.96. The zero-order chi connectivity index (χ0) is 10.2. The van der Waals surface area contributed by atoms with E-state index < -0.39 is 9.84 Å². The molecule has 0 unspecified atom stereocenters. The lowest BCUT2D eigenvalue weighted by atomic mass is 10.5. The number of pyridine rings is 1. The number of fused-ring (bicyclic) bond motifs is 1. The molecule has 73 valence electrons. The number of rotatable bonds is 2. The second-order valence-electron chi connectivity index (χ2n) is 2.82. The molecule has 1 radical (unpaired) electrons. The van der Waals surface area contributed by atoms with Crippen molar-refractivity contribution in [2.75, 3.05) is 0 Å². The SMILES string of the molecule is [CH2]S(=O)(=O)Cc1nc2cccnc2s1. The first kappa shape index (κ1) is 9.54. The van der Waals surface area contributed by atoms with Crippen molar-refractivity contribution in [3.05, 3.63) is 29.6 Å². The maximum absolute atomic E-state index is 10.9. The van der Waals surface area contributed by atoms with E-state index in [0.29, 0.717) is 5.01 Å². The van der Waals surface area contributed by atoms with Gasteiger partial charge in [-0.3, -0.25) is 0 Å². The van der Waals surface area contributed by atoms with E-state index in [1.165, 1.54) is 11.3 Å². The Morgan fingerprint density at radius 3 is 2.93 bits per heavy atom. The molecule has 0 amide bonds. The third kappa shape index (κ3) is 2.08. The number of hydrogen-bond donors (Lipinski definition) is 0. The Morgan fingerprint density at radius 1 is 1.50 bits per heavy atom. The van der Waals surface area contributed by atoms with E-state index >= 15 is 0 Å². The van der Waals surface area contributed by atoms with E-state index in [-0.39, 0.29) is 5.75 Å². The molecule has 0 aliphatic carbocycles. The number of hydrogen-bond acceptors (Lipinski definition) is 5. The van der Waals surface area contributed by atoms with E-state index in [4.69, 9.17) is 0 Å². The summed E-state index contributed by atoms with van der Waals surface area (Å²) < 4.78 is 21.8. The quantitative estimate of drug-likeness (QED) is 0.778. The van der Waals surface area contributed by atoms with Gasteiger partial charge in [-0.2, -0.15) is 0 Å². The van der Waals surface area contributed by atoms with Gasteiger partial charge in [0.25, 0.3) is 0 Å². The minimum atomic E-state index is -3.25. The number of aromatic nitrogens is 2. The third-order valence-electron chi connectivity index (χ3n) is 1.55. The predicted molar refractivity (Wildman–Crippen MR) is 55.4 cm³/mol. The van der Waals surface area contributed by atoms with Crippen molar-refractivity contribution in [2.45, 2.75) is 5.75 Å². The van der Waals surface area contributed by atoms with Crippen molar-refractivity contribution in [1.29, 1.82) is 0 Å². The van der Waals surface area contributed by atoms with Gasteiger partial charge in [0.05, 0.1) is 6.26 Å². The Morgan fingerprint density at radius 2 is 2.29 bits per heavy atom. The molecule has 6 heteroatoms. The molecule has 0 atom stereocenters. The average molecular weight is 227 g/mol. The minimum absolute atomic E-state index is 0.117. The van der Waals surface area contributed by atoms with E-state index in [0.717, 1.165) is 10.3 Å². The summed E-state index contributed by atoms with van der Waals surface area (Å²) in [4.78, 5) is 8.96. The number of thiazole rings is 1. The summed E-state index contributed by atoms with van der Waals surface area (Å²) in [7, 11) is -3.25. The second kappa shape index (κ2) is 3.29. The van der Waals surface area contributed by atoms with E-state index in [9.17, 15) is 8.42 Å². The van der Waals surface area contributed by atoms with E-state index in [1.54, 1.807) is 18.3 Å². The molecule has 2 aromatic rings. The largest absolute Gasteiger partial charge is 0.244 e. The van der Waals surface area contributed by atoms with Crippen LogP contribution in [0.5, 0.6) is 0 Å². The minimum Gasteiger partial charge on any atom is -0.244 e. The highest BCUT2D eigenvalue weighted by molar-refractivity contribution is 7.91. The molecular formula is C8H7N2O2S2. The van der Waals surface area contributed by atoms with Crippen molar-refractivity contribution < 1.29 is 8.42 Å². The first-order chi connectivity index (χ1) is 6.54. The summed E-state index contributed by atoms with van der Waals surface area (Å²) in [6, 6.07) is 3.57. The first-order valence-electron chi connectivity index (χ1n) is 3.81. The van der Waals surface area contributed by atoms with Gasteiger partial charge in [-0.1, -0.05) is 11.3 Å². The fraction of sp³-hybridized carbons (Fsp3) is 0.125. The molecule has 0 spiro atoms. The van der Waals surface area contributed by atoms with Crippen LogP contribution >= 0.6 is 11.3 Å². The molecule has 0 saturated carbocycles. The second-order valence-corrected chi connectivity index (χ2v) is 5.66. The lowest BCUT2D eigenvalue weighted by molar-refractivity contribution is 0.603. The normalized spacial score (nSPS) is 12.1. The highest BCUT2D eigenvalue weighted by atomic mass is 32.2. The molecule has 0 aromatic carbocycles. The first-order valence-corrected chi connectivity index (χ1v) is 6.44. The summed E-state index contributed by atoms with van der Waals surface area (Å²) in [5.74, 6) is -0.117. The van der Waals surface area contributed by atoms with Crippen LogP contribution in [0.2, 0.25) is 0 Å². The van der Waals surface area contributed by atoms with Crippen LogP contribution in [0, 0.1) is 6.26 Å². The predicted octanol–water partition coefficient (Wildman–Crippen LogP) is 1.40. The molecule has 2 rings (SSSR count). The van der Waals surface area contributed by atoms with Crippen LogP contribution in [0.3, 0.4) is 0 Å². The van der Waals surface area contributed by atoms with Gasteiger partial charge in [0.15, 0.2) is 9.84 Å². The molecule has 2 aromatic heterocycles. The molecule has 0 aliphatic rings. The van der Waals surface area contributed by atoms with Crippen molar-refractivity contribution in [1.82, 2.24) is 9.97 Å². The Labute approximate surface area is 85.5 Å². The van der Waals surface area contributed by atoms with E-state index in [1.807, 2.05) is 0 Å². The van der Waals surface area contributed by atoms with Gasteiger partial charge in [0.2, 0.25) is 0 Å². The maximum atomic E-state index is 10.9. The monoisotopic (exact) mass is 227 g/mol. The summed E-state index contributed by atoms with van der Waals surface area (Å²) in [6.07, 6.45) is 4.71. The summed E-state index contributed by atoms with van der Waals surface area (Å²) in [6.45, 7) is 0. The van der Waals surface area contributed by atoms with Crippen molar-refractivity contribution in [3.8, 4) is 0 Å². The average Bonchev–Trinajstić information content (AvgIpc) is 2.42. The molecular weight excluding hydrogens is 220 g/mol. The van der Waals surface area contributed by atoms with Gasteiger partial charge in [-0.05, 0) is 12.1 Å². The molecule has 0 bridgehead atoms. The zero-order valence-corrected chi connectivity index (χ0v) is 8.81. The highest BCUT2D eigenvalue weighted by Crippen LogP contribution is 2.20. The molecule has 0 saturated heterocycles. The standard InChI is InChI=1S/C8H7N2O2S2/c1-14(11,12)5-7-10-6-3-2-4-9-8(6)13-7/h2-4H,1,5H2. The van der Waals surface area contributed by atoms with E-state index in [2.05, 4.69) is 16.2 Å². The fourth-order valence-electron chi connectivity index (χ4n) is 1.06. The maximum Gasteiger partial charge on any atom is 0.157 e. The van der Waals surface area contributed by atoms with Crippen LogP contribution in [0.15, 0.2) is 18.3 Å². The summed E-state index contributed by atoms with van der Waals surface area (Å²) in [5.41, 5.74) is 0.733. The smallest absolute Gasteiger partial charge is 0.157 e. The lowest BCUT2D eigenvalue weighted by Gasteiger charge is -1.89. The van der Waals surface area contributed by atoms with Gasteiger partial charge in [-0.15, -0.1) is 0 Å². The molecule has 14 heavy (non-hydrogen) atoms. The van der Waals surface area contributed by atoms with Crippen LogP contribution in [-0.4, -0.2) is 18.4 Å². The third-order valence-corrected chi connectivity index (χ3v) is 3.43. The molecule has 2 heterocycles. The van der Waals surface area contributed by atoms with Crippen LogP contribution in [0.4, 0.5) is 0 Å². The molecule has 0 aliphatic heterocycles. The highest BCUT2D eigenvalue weighted by Gasteiger charge is 2.10. The van der Waals surface area contributed by atoms with Crippen LogP contribution in [0.1, 0.15) is 5.01 Å². The van der Waals surface area contributed by atoms with Crippen molar-refractivity contribution in [2.24, 2.45) is 0 Å². The Bertz CT molecular complexity index is 526. The summed E-state index contributed by atoms with van der Waals surface area (Å²) >= 11 is 1.28. The van der Waals surface area contributed by atoms with Crippen molar-refractivity contribution in [3.63, 3.8) is 0 Å². The Kier molecular flexibility index (Phi) is 2.24. The Hall–Kier alpha value is -1.01. The van der Waals surface area contributed by atoms with Crippen LogP contribution in [0.25, 0.3) is 10.3 Å². The summed E-state index contributed by atoms with van der Waals surface area (Å²) in [5, 5.41) is 0.536. The number of nitrogens with zero attached hydrogens (tertiary/aromatic N) is 2. The zero-order valence-electron chi connectivity index (χ0n) is 7.17.